The second-order valence-electron chi connectivity index (χ2n) is 2.98. The van der Waals surface area contributed by atoms with Crippen LogP contribution in [0, 0.1) is 0 Å². The summed E-state index contributed by atoms with van der Waals surface area (Å²) in [5.74, 6) is 1.65. The third-order valence-electron chi connectivity index (χ3n) is 1.68. The zero-order valence-corrected chi connectivity index (χ0v) is 9.48. The molecule has 0 saturated heterocycles. The molecule has 0 aliphatic carbocycles. The van der Waals surface area contributed by atoms with Gasteiger partial charge in [-0.3, -0.25) is 4.68 Å². The van der Waals surface area contributed by atoms with Crippen molar-refractivity contribution in [2.75, 3.05) is 5.88 Å². The van der Waals surface area contributed by atoms with Gasteiger partial charge in [-0.15, -0.1) is 16.7 Å². The van der Waals surface area contributed by atoms with Gasteiger partial charge in [-0.1, -0.05) is 12.1 Å². The molecule has 0 radical (unpaired) electrons. The molecule has 1 heterocycles. The predicted molar refractivity (Wildman–Crippen MR) is 57.1 cm³/mol. The summed E-state index contributed by atoms with van der Waals surface area (Å²) in [4.78, 5) is 0. The van der Waals surface area contributed by atoms with E-state index in [2.05, 4.69) is 17.2 Å². The van der Waals surface area contributed by atoms with Gasteiger partial charge in [-0.2, -0.15) is 11.8 Å². The van der Waals surface area contributed by atoms with Crippen LogP contribution in [0.3, 0.4) is 0 Å². The fourth-order valence-electron chi connectivity index (χ4n) is 0.926. The number of thioether (sulfide) groups is 1. The van der Waals surface area contributed by atoms with E-state index in [0.29, 0.717) is 5.25 Å². The number of rotatable bonds is 5. The van der Waals surface area contributed by atoms with Crippen molar-refractivity contribution in [1.82, 2.24) is 15.0 Å². The van der Waals surface area contributed by atoms with Gasteiger partial charge in [0.2, 0.25) is 0 Å². The van der Waals surface area contributed by atoms with Gasteiger partial charge >= 0.3 is 0 Å². The van der Waals surface area contributed by atoms with Crippen molar-refractivity contribution >= 4 is 23.4 Å². The molecule has 1 aromatic heterocycles. The number of hydrogen-bond donors (Lipinski definition) is 0. The zero-order valence-electron chi connectivity index (χ0n) is 7.90. The summed E-state index contributed by atoms with van der Waals surface area (Å²) in [7, 11) is 1.88. The number of hydrogen-bond acceptors (Lipinski definition) is 3. The van der Waals surface area contributed by atoms with E-state index in [4.69, 9.17) is 11.6 Å². The molecule has 5 heteroatoms. The van der Waals surface area contributed by atoms with Gasteiger partial charge in [-0.05, 0) is 6.42 Å². The normalized spacial score (nSPS) is 13.2. The largest absolute Gasteiger partial charge is 0.255 e. The Balaban J connectivity index is 2.26. The molecule has 0 aliphatic rings. The van der Waals surface area contributed by atoms with E-state index >= 15 is 0 Å². The minimum absolute atomic E-state index is 0.597. The van der Waals surface area contributed by atoms with Gasteiger partial charge in [0, 0.05) is 30.1 Å². The molecular formula is C8H14ClN3S. The SMILES string of the molecule is CC(CCCl)SCc1cn(C)nn1. The van der Waals surface area contributed by atoms with Gasteiger partial charge in [0.1, 0.15) is 0 Å². The summed E-state index contributed by atoms with van der Waals surface area (Å²) in [5, 5.41) is 8.47. The Morgan fingerprint density at radius 1 is 1.69 bits per heavy atom. The highest BCUT2D eigenvalue weighted by molar-refractivity contribution is 7.99. The molecule has 0 aromatic carbocycles. The van der Waals surface area contributed by atoms with Gasteiger partial charge in [0.15, 0.2) is 0 Å². The summed E-state index contributed by atoms with van der Waals surface area (Å²) >= 11 is 7.50. The molecule has 0 saturated carbocycles. The minimum atomic E-state index is 0.597. The third kappa shape index (κ3) is 4.00. The van der Waals surface area contributed by atoms with E-state index in [0.717, 1.165) is 23.7 Å². The Bertz CT molecular complexity index is 251. The number of aromatic nitrogens is 3. The first-order valence-electron chi connectivity index (χ1n) is 4.25. The molecule has 0 bridgehead atoms. The maximum atomic E-state index is 5.64. The molecule has 1 rings (SSSR count). The number of alkyl halides is 1. The molecular weight excluding hydrogens is 206 g/mol. The molecule has 1 unspecified atom stereocenters. The number of aryl methyl sites for hydroxylation is 1. The zero-order chi connectivity index (χ0) is 9.68. The maximum absolute atomic E-state index is 5.64. The van der Waals surface area contributed by atoms with E-state index in [1.807, 2.05) is 25.0 Å². The van der Waals surface area contributed by atoms with E-state index in [1.54, 1.807) is 4.68 Å². The molecule has 0 aliphatic heterocycles. The molecule has 74 valence electrons. The summed E-state index contributed by atoms with van der Waals surface area (Å²) < 4.78 is 1.72. The molecule has 0 fully saturated rings. The van der Waals surface area contributed by atoms with Crippen molar-refractivity contribution in [3.8, 4) is 0 Å². The smallest absolute Gasteiger partial charge is 0.0925 e. The molecule has 0 spiro atoms. The van der Waals surface area contributed by atoms with Crippen LogP contribution in [-0.2, 0) is 12.8 Å². The Morgan fingerprint density at radius 2 is 2.46 bits per heavy atom. The van der Waals surface area contributed by atoms with Crippen LogP contribution >= 0.6 is 23.4 Å². The lowest BCUT2D eigenvalue weighted by Crippen LogP contribution is -1.97. The third-order valence-corrected chi connectivity index (χ3v) is 3.17. The molecule has 1 aromatic rings. The highest BCUT2D eigenvalue weighted by Gasteiger charge is 2.04. The summed E-state index contributed by atoms with van der Waals surface area (Å²) in [5.41, 5.74) is 1.04. The Morgan fingerprint density at radius 3 is 3.00 bits per heavy atom. The Labute approximate surface area is 87.8 Å². The predicted octanol–water partition coefficient (Wildman–Crippen LogP) is 2.07. The Kier molecular flexibility index (Phi) is 4.59. The van der Waals surface area contributed by atoms with Gasteiger partial charge in [-0.25, -0.2) is 0 Å². The topological polar surface area (TPSA) is 30.7 Å². The minimum Gasteiger partial charge on any atom is -0.255 e. The van der Waals surface area contributed by atoms with Crippen molar-refractivity contribution in [1.29, 1.82) is 0 Å². The van der Waals surface area contributed by atoms with Gasteiger partial charge in [0.05, 0.1) is 5.69 Å². The van der Waals surface area contributed by atoms with Gasteiger partial charge < -0.3 is 0 Å². The summed E-state index contributed by atoms with van der Waals surface area (Å²) in [6.45, 7) is 2.18. The van der Waals surface area contributed by atoms with Crippen LogP contribution in [0.2, 0.25) is 0 Å². The monoisotopic (exact) mass is 219 g/mol. The fraction of sp³-hybridized carbons (Fsp3) is 0.750. The lowest BCUT2D eigenvalue weighted by atomic mass is 10.4. The van der Waals surface area contributed by atoms with E-state index in [1.165, 1.54) is 0 Å². The summed E-state index contributed by atoms with van der Waals surface area (Å²) in [6, 6.07) is 0. The van der Waals surface area contributed by atoms with E-state index < -0.39 is 0 Å². The van der Waals surface area contributed by atoms with E-state index in [-0.39, 0.29) is 0 Å². The first-order valence-corrected chi connectivity index (χ1v) is 5.83. The van der Waals surface area contributed by atoms with Crippen molar-refractivity contribution in [2.24, 2.45) is 7.05 Å². The molecule has 1 atom stereocenters. The molecule has 0 N–H and O–H groups in total. The van der Waals surface area contributed by atoms with Crippen LogP contribution in [0.25, 0.3) is 0 Å². The van der Waals surface area contributed by atoms with Crippen molar-refractivity contribution in [2.45, 2.75) is 24.3 Å². The number of halogens is 1. The molecule has 13 heavy (non-hydrogen) atoms. The quantitative estimate of drug-likeness (QED) is 0.711. The second kappa shape index (κ2) is 5.50. The molecule has 0 amide bonds. The average molecular weight is 220 g/mol. The highest BCUT2D eigenvalue weighted by atomic mass is 35.5. The second-order valence-corrected chi connectivity index (χ2v) is 4.79. The van der Waals surface area contributed by atoms with Crippen LogP contribution in [0.5, 0.6) is 0 Å². The first-order chi connectivity index (χ1) is 6.22. The van der Waals surface area contributed by atoms with Crippen molar-refractivity contribution in [3.63, 3.8) is 0 Å². The highest BCUT2D eigenvalue weighted by Crippen LogP contribution is 2.18. The summed E-state index contributed by atoms with van der Waals surface area (Å²) in [6.07, 6.45) is 2.99. The van der Waals surface area contributed by atoms with E-state index in [9.17, 15) is 0 Å². The average Bonchev–Trinajstić information content (AvgIpc) is 2.49. The van der Waals surface area contributed by atoms with Gasteiger partial charge in [0.25, 0.3) is 0 Å². The fourth-order valence-corrected chi connectivity index (χ4v) is 2.25. The van der Waals surface area contributed by atoms with Crippen LogP contribution in [-0.4, -0.2) is 26.1 Å². The number of nitrogens with zero attached hydrogens (tertiary/aromatic N) is 3. The maximum Gasteiger partial charge on any atom is 0.0925 e. The van der Waals surface area contributed by atoms with Crippen molar-refractivity contribution < 1.29 is 0 Å². The van der Waals surface area contributed by atoms with Crippen LogP contribution in [0.15, 0.2) is 6.20 Å². The Hall–Kier alpha value is -0.220. The lowest BCUT2D eigenvalue weighted by Gasteiger charge is -2.06. The van der Waals surface area contributed by atoms with Crippen molar-refractivity contribution in [3.05, 3.63) is 11.9 Å². The molecule has 3 nitrogen and oxygen atoms in total. The standard InChI is InChI=1S/C8H14ClN3S/c1-7(3-4-9)13-6-8-5-12(2)11-10-8/h5,7H,3-4,6H2,1-2H3. The van der Waals surface area contributed by atoms with Crippen LogP contribution < -0.4 is 0 Å². The van der Waals surface area contributed by atoms with Crippen LogP contribution in [0.4, 0.5) is 0 Å². The lowest BCUT2D eigenvalue weighted by molar-refractivity contribution is 0.714. The van der Waals surface area contributed by atoms with Crippen LogP contribution in [0.1, 0.15) is 19.0 Å². The first kappa shape index (κ1) is 10.9.